The first kappa shape index (κ1) is 14.2. The van der Waals surface area contributed by atoms with Gasteiger partial charge in [-0.15, -0.1) is 0 Å². The third-order valence-electron chi connectivity index (χ3n) is 3.42. The molecule has 1 unspecified atom stereocenters. The molecule has 1 fully saturated rings. The highest BCUT2D eigenvalue weighted by molar-refractivity contribution is 6.32. The van der Waals surface area contributed by atoms with Crippen molar-refractivity contribution in [1.29, 1.82) is 0 Å². The highest BCUT2D eigenvalue weighted by Crippen LogP contribution is 2.21. The van der Waals surface area contributed by atoms with Gasteiger partial charge in [0.1, 0.15) is 16.8 Å². The summed E-state index contributed by atoms with van der Waals surface area (Å²) in [4.78, 5) is 21.8. The van der Waals surface area contributed by atoms with Crippen LogP contribution in [0.15, 0.2) is 0 Å². The van der Waals surface area contributed by atoms with E-state index >= 15 is 0 Å². The van der Waals surface area contributed by atoms with E-state index in [9.17, 15) is 4.79 Å². The Morgan fingerprint density at radius 2 is 2.32 bits per heavy atom. The van der Waals surface area contributed by atoms with Gasteiger partial charge in [-0.05, 0) is 32.9 Å². The molecule has 1 aliphatic rings. The molecule has 1 aliphatic heterocycles. The number of halogens is 1. The molecule has 0 aliphatic carbocycles. The summed E-state index contributed by atoms with van der Waals surface area (Å²) >= 11 is 5.98. The molecule has 19 heavy (non-hydrogen) atoms. The van der Waals surface area contributed by atoms with Crippen molar-refractivity contribution in [1.82, 2.24) is 14.9 Å². The number of aromatic nitrogens is 2. The first-order valence-electron chi connectivity index (χ1n) is 6.62. The maximum atomic E-state index is 11.1. The Balaban J connectivity index is 2.16. The van der Waals surface area contributed by atoms with Crippen LogP contribution >= 0.6 is 11.6 Å². The lowest BCUT2D eigenvalue weighted by atomic mass is 10.1. The molecule has 0 saturated carbocycles. The molecule has 6 heteroatoms. The first-order chi connectivity index (χ1) is 9.13. The Bertz CT molecular complexity index is 466. The second-order valence-corrected chi connectivity index (χ2v) is 5.18. The SMILES string of the molecule is CCN1CCCC(Nc2nc(C)nc(Cl)c2C=O)C1. The molecule has 0 bridgehead atoms. The van der Waals surface area contributed by atoms with Crippen molar-refractivity contribution < 1.29 is 4.79 Å². The first-order valence-corrected chi connectivity index (χ1v) is 7.00. The predicted octanol–water partition coefficient (Wildman–Crippen LogP) is 2.15. The van der Waals surface area contributed by atoms with E-state index in [2.05, 4.69) is 27.1 Å². The normalized spacial score (nSPS) is 20.3. The molecule has 1 aromatic rings. The van der Waals surface area contributed by atoms with E-state index in [0.29, 0.717) is 29.5 Å². The molecule has 1 atom stereocenters. The number of carbonyl (C=O) groups is 1. The Labute approximate surface area is 118 Å². The number of piperidine rings is 1. The van der Waals surface area contributed by atoms with Crippen LogP contribution in [0.1, 0.15) is 35.9 Å². The number of nitrogens with zero attached hydrogens (tertiary/aromatic N) is 3. The molecule has 0 aromatic carbocycles. The number of aldehydes is 1. The van der Waals surface area contributed by atoms with Crippen molar-refractivity contribution in [3.8, 4) is 0 Å². The average molecular weight is 283 g/mol. The van der Waals surface area contributed by atoms with Crippen LogP contribution in [0.2, 0.25) is 5.15 Å². The van der Waals surface area contributed by atoms with Gasteiger partial charge in [0.2, 0.25) is 0 Å². The molecule has 0 spiro atoms. The van der Waals surface area contributed by atoms with Crippen LogP contribution in [0.25, 0.3) is 0 Å². The fourth-order valence-electron chi connectivity index (χ4n) is 2.42. The zero-order valence-electron chi connectivity index (χ0n) is 11.3. The number of rotatable bonds is 4. The molecule has 104 valence electrons. The van der Waals surface area contributed by atoms with Gasteiger partial charge in [-0.2, -0.15) is 0 Å². The largest absolute Gasteiger partial charge is 0.365 e. The molecule has 0 radical (unpaired) electrons. The lowest BCUT2D eigenvalue weighted by Gasteiger charge is -2.32. The Morgan fingerprint density at radius 3 is 3.00 bits per heavy atom. The smallest absolute Gasteiger partial charge is 0.156 e. The fourth-order valence-corrected chi connectivity index (χ4v) is 2.67. The molecular formula is C13H19ClN4O. The van der Waals surface area contributed by atoms with Crippen LogP contribution < -0.4 is 5.32 Å². The molecule has 0 amide bonds. The van der Waals surface area contributed by atoms with Crippen LogP contribution in [-0.4, -0.2) is 46.8 Å². The van der Waals surface area contributed by atoms with E-state index in [4.69, 9.17) is 11.6 Å². The lowest BCUT2D eigenvalue weighted by molar-refractivity contribution is 0.112. The summed E-state index contributed by atoms with van der Waals surface area (Å²) in [7, 11) is 0. The summed E-state index contributed by atoms with van der Waals surface area (Å²) in [5.74, 6) is 1.12. The third-order valence-corrected chi connectivity index (χ3v) is 3.71. The Kier molecular flexibility index (Phi) is 4.71. The minimum absolute atomic E-state index is 0.216. The molecule has 1 N–H and O–H groups in total. The number of aryl methyl sites for hydroxylation is 1. The minimum atomic E-state index is 0.216. The van der Waals surface area contributed by atoms with Crippen molar-refractivity contribution in [2.45, 2.75) is 32.7 Å². The van der Waals surface area contributed by atoms with Crippen LogP contribution in [0.4, 0.5) is 5.82 Å². The van der Waals surface area contributed by atoms with Crippen molar-refractivity contribution in [3.63, 3.8) is 0 Å². The number of hydrogen-bond donors (Lipinski definition) is 1. The number of likely N-dealkylation sites (tertiary alicyclic amines) is 1. The average Bonchev–Trinajstić information content (AvgIpc) is 2.38. The van der Waals surface area contributed by atoms with Gasteiger partial charge in [0.05, 0.1) is 5.56 Å². The van der Waals surface area contributed by atoms with Crippen molar-refractivity contribution in [3.05, 3.63) is 16.5 Å². The van der Waals surface area contributed by atoms with E-state index in [1.807, 2.05) is 0 Å². The number of anilines is 1. The maximum Gasteiger partial charge on any atom is 0.156 e. The highest BCUT2D eigenvalue weighted by atomic mass is 35.5. The third kappa shape index (κ3) is 3.42. The Morgan fingerprint density at radius 1 is 1.53 bits per heavy atom. The molecular weight excluding hydrogens is 264 g/mol. The van der Waals surface area contributed by atoms with Crippen molar-refractivity contribution in [2.75, 3.05) is 25.0 Å². The summed E-state index contributed by atoms with van der Waals surface area (Å²) in [6.45, 7) is 7.08. The number of likely N-dealkylation sites (N-methyl/N-ethyl adjacent to an activating group) is 1. The quantitative estimate of drug-likeness (QED) is 0.677. The van der Waals surface area contributed by atoms with Crippen molar-refractivity contribution in [2.24, 2.45) is 0 Å². The van der Waals surface area contributed by atoms with E-state index in [1.165, 1.54) is 0 Å². The molecule has 5 nitrogen and oxygen atoms in total. The van der Waals surface area contributed by atoms with E-state index < -0.39 is 0 Å². The molecule has 1 aromatic heterocycles. The summed E-state index contributed by atoms with van der Waals surface area (Å²) in [6.07, 6.45) is 2.94. The molecule has 2 heterocycles. The zero-order chi connectivity index (χ0) is 13.8. The van der Waals surface area contributed by atoms with Gasteiger partial charge < -0.3 is 10.2 Å². The maximum absolute atomic E-state index is 11.1. The van der Waals surface area contributed by atoms with Gasteiger partial charge in [0.25, 0.3) is 0 Å². The van der Waals surface area contributed by atoms with Gasteiger partial charge in [-0.1, -0.05) is 18.5 Å². The summed E-state index contributed by atoms with van der Waals surface area (Å²) in [5.41, 5.74) is 0.348. The lowest BCUT2D eigenvalue weighted by Crippen LogP contribution is -2.42. The van der Waals surface area contributed by atoms with Gasteiger partial charge in [-0.25, -0.2) is 9.97 Å². The number of carbonyl (C=O) groups excluding carboxylic acids is 1. The number of hydrogen-bond acceptors (Lipinski definition) is 5. The van der Waals surface area contributed by atoms with Gasteiger partial charge >= 0.3 is 0 Å². The number of nitrogens with one attached hydrogen (secondary N) is 1. The van der Waals surface area contributed by atoms with Gasteiger partial charge in [0, 0.05) is 12.6 Å². The highest BCUT2D eigenvalue weighted by Gasteiger charge is 2.21. The molecule has 1 saturated heterocycles. The van der Waals surface area contributed by atoms with Crippen LogP contribution in [0.5, 0.6) is 0 Å². The Hall–Kier alpha value is -1.20. The topological polar surface area (TPSA) is 58.1 Å². The monoisotopic (exact) mass is 282 g/mol. The second kappa shape index (κ2) is 6.30. The zero-order valence-corrected chi connectivity index (χ0v) is 12.1. The minimum Gasteiger partial charge on any atom is -0.365 e. The fraction of sp³-hybridized carbons (Fsp3) is 0.615. The summed E-state index contributed by atoms with van der Waals surface area (Å²) < 4.78 is 0. The second-order valence-electron chi connectivity index (χ2n) is 4.82. The van der Waals surface area contributed by atoms with Crippen LogP contribution in [-0.2, 0) is 0 Å². The van der Waals surface area contributed by atoms with E-state index in [-0.39, 0.29) is 5.15 Å². The van der Waals surface area contributed by atoms with Gasteiger partial charge in [0.15, 0.2) is 6.29 Å². The van der Waals surface area contributed by atoms with Crippen molar-refractivity contribution >= 4 is 23.7 Å². The summed E-state index contributed by atoms with van der Waals surface area (Å²) in [5, 5.41) is 3.55. The van der Waals surface area contributed by atoms with Crippen LogP contribution in [0.3, 0.4) is 0 Å². The molecule has 2 rings (SSSR count). The van der Waals surface area contributed by atoms with Crippen LogP contribution in [0, 0.1) is 6.92 Å². The van der Waals surface area contributed by atoms with E-state index in [0.717, 1.165) is 32.5 Å². The van der Waals surface area contributed by atoms with E-state index in [1.54, 1.807) is 6.92 Å². The van der Waals surface area contributed by atoms with Gasteiger partial charge in [-0.3, -0.25) is 4.79 Å². The predicted molar refractivity (Wildman–Crippen MR) is 75.9 cm³/mol. The summed E-state index contributed by atoms with van der Waals surface area (Å²) in [6, 6.07) is 0.303. The standard InChI is InChI=1S/C13H19ClN4O/c1-3-18-6-4-5-10(7-18)17-13-11(8-19)12(14)15-9(2)16-13/h8,10H,3-7H2,1-2H3,(H,15,16,17).